The van der Waals surface area contributed by atoms with Gasteiger partial charge < -0.3 is 19.3 Å². The van der Waals surface area contributed by atoms with Gasteiger partial charge in [0.1, 0.15) is 17.7 Å². The van der Waals surface area contributed by atoms with Gasteiger partial charge in [0, 0.05) is 44.0 Å². The Morgan fingerprint density at radius 2 is 1.50 bits per heavy atom. The predicted octanol–water partition coefficient (Wildman–Crippen LogP) is 4.00. The second-order valence-electron chi connectivity index (χ2n) is 8.00. The van der Waals surface area contributed by atoms with Crippen LogP contribution in [0.3, 0.4) is 0 Å². The summed E-state index contributed by atoms with van der Waals surface area (Å²) < 4.78 is 2.20. The van der Waals surface area contributed by atoms with Crippen LogP contribution in [0.4, 0.5) is 5.69 Å². The molecule has 0 radical (unpaired) electrons. The van der Waals surface area contributed by atoms with Crippen LogP contribution >= 0.6 is 0 Å². The molecule has 1 aromatic carbocycles. The van der Waals surface area contributed by atoms with E-state index < -0.39 is 0 Å². The molecule has 0 aliphatic carbocycles. The van der Waals surface area contributed by atoms with Crippen molar-refractivity contribution < 1.29 is 0 Å². The smallest absolute Gasteiger partial charge is 0.181 e. The second-order valence-corrected chi connectivity index (χ2v) is 8.00. The Kier molecular flexibility index (Phi) is 9.00. The summed E-state index contributed by atoms with van der Waals surface area (Å²) in [4.78, 5) is 20.9. The first-order valence-corrected chi connectivity index (χ1v) is 12.1. The third-order valence-corrected chi connectivity index (χ3v) is 6.38. The Hall–Kier alpha value is -2.51. The molecular weight excluding hydrogens is 398 g/mol. The SMILES string of the molecule is CCN(CC)CCN(CCN(CC)CC)c1cccc(-c2nc3ncncc3n2CC)c1. The van der Waals surface area contributed by atoms with Crippen molar-refractivity contribution in [2.45, 2.75) is 41.2 Å². The van der Waals surface area contributed by atoms with Crippen LogP contribution in [-0.4, -0.2) is 81.7 Å². The standard InChI is InChI=1S/C25H39N7/c1-6-29(7-2)14-16-31(17-15-30(8-3)9-4)22-13-11-12-21(18-22)25-28-24-23(32(25)10-5)19-26-20-27-24/h11-13,18-20H,6-10,14-17H2,1-5H3. The van der Waals surface area contributed by atoms with E-state index in [0.29, 0.717) is 0 Å². The number of fused-ring (bicyclic) bond motifs is 1. The number of benzene rings is 1. The van der Waals surface area contributed by atoms with Crippen molar-refractivity contribution in [1.82, 2.24) is 29.3 Å². The van der Waals surface area contributed by atoms with E-state index in [1.54, 1.807) is 6.33 Å². The van der Waals surface area contributed by atoms with Gasteiger partial charge in [-0.2, -0.15) is 0 Å². The van der Waals surface area contributed by atoms with Gasteiger partial charge in [0.2, 0.25) is 0 Å². The Morgan fingerprint density at radius 3 is 2.09 bits per heavy atom. The summed E-state index contributed by atoms with van der Waals surface area (Å²) in [6, 6.07) is 8.81. The summed E-state index contributed by atoms with van der Waals surface area (Å²) in [7, 11) is 0. The third kappa shape index (κ3) is 5.64. The molecule has 0 bridgehead atoms. The molecule has 2 aromatic heterocycles. The summed E-state index contributed by atoms with van der Waals surface area (Å²) in [5, 5.41) is 0. The molecule has 0 fully saturated rings. The van der Waals surface area contributed by atoms with Gasteiger partial charge in [-0.1, -0.05) is 39.8 Å². The highest BCUT2D eigenvalue weighted by Crippen LogP contribution is 2.27. The van der Waals surface area contributed by atoms with E-state index in [2.05, 4.69) is 88.1 Å². The monoisotopic (exact) mass is 437 g/mol. The minimum atomic E-state index is 0.752. The molecule has 7 nitrogen and oxygen atoms in total. The number of rotatable bonds is 13. The molecule has 32 heavy (non-hydrogen) atoms. The highest BCUT2D eigenvalue weighted by atomic mass is 15.2. The van der Waals surface area contributed by atoms with Crippen LogP contribution in [0.15, 0.2) is 36.8 Å². The van der Waals surface area contributed by atoms with E-state index in [1.165, 1.54) is 5.69 Å². The van der Waals surface area contributed by atoms with Gasteiger partial charge >= 0.3 is 0 Å². The molecule has 3 aromatic rings. The number of anilines is 1. The number of aryl methyl sites for hydroxylation is 1. The van der Waals surface area contributed by atoms with Gasteiger partial charge in [-0.3, -0.25) is 0 Å². The maximum atomic E-state index is 4.83. The van der Waals surface area contributed by atoms with Crippen molar-refractivity contribution in [1.29, 1.82) is 0 Å². The summed E-state index contributed by atoms with van der Waals surface area (Å²) >= 11 is 0. The van der Waals surface area contributed by atoms with Gasteiger partial charge in [-0.25, -0.2) is 15.0 Å². The van der Waals surface area contributed by atoms with Crippen LogP contribution in [0.2, 0.25) is 0 Å². The average molecular weight is 438 g/mol. The van der Waals surface area contributed by atoms with E-state index in [0.717, 1.165) is 81.5 Å². The van der Waals surface area contributed by atoms with Crippen molar-refractivity contribution in [3.05, 3.63) is 36.8 Å². The minimum absolute atomic E-state index is 0.752. The normalized spacial score (nSPS) is 11.7. The van der Waals surface area contributed by atoms with Crippen molar-refractivity contribution in [3.8, 4) is 11.4 Å². The summed E-state index contributed by atoms with van der Waals surface area (Å²) in [6.45, 7) is 20.4. The van der Waals surface area contributed by atoms with Gasteiger partial charge in [-0.05, 0) is 45.2 Å². The maximum absolute atomic E-state index is 4.83. The molecule has 0 amide bonds. The first-order chi connectivity index (χ1) is 15.6. The molecule has 0 unspecified atom stereocenters. The van der Waals surface area contributed by atoms with Crippen LogP contribution in [-0.2, 0) is 6.54 Å². The fourth-order valence-corrected chi connectivity index (χ4v) is 4.22. The number of nitrogens with zero attached hydrogens (tertiary/aromatic N) is 7. The van der Waals surface area contributed by atoms with Gasteiger partial charge in [0.25, 0.3) is 0 Å². The quantitative estimate of drug-likeness (QED) is 0.403. The molecule has 0 N–H and O–H groups in total. The van der Waals surface area contributed by atoms with E-state index in [-0.39, 0.29) is 0 Å². The zero-order valence-corrected chi connectivity index (χ0v) is 20.5. The van der Waals surface area contributed by atoms with Crippen LogP contribution in [0.5, 0.6) is 0 Å². The molecule has 2 heterocycles. The molecule has 174 valence electrons. The molecule has 0 saturated carbocycles. The highest BCUT2D eigenvalue weighted by molar-refractivity contribution is 5.77. The topological polar surface area (TPSA) is 53.3 Å². The zero-order chi connectivity index (χ0) is 22.9. The van der Waals surface area contributed by atoms with Crippen molar-refractivity contribution in [2.24, 2.45) is 0 Å². The van der Waals surface area contributed by atoms with Crippen LogP contribution in [0, 0.1) is 0 Å². The molecule has 0 saturated heterocycles. The van der Waals surface area contributed by atoms with E-state index in [9.17, 15) is 0 Å². The van der Waals surface area contributed by atoms with Crippen molar-refractivity contribution in [3.63, 3.8) is 0 Å². The van der Waals surface area contributed by atoms with E-state index in [4.69, 9.17) is 4.98 Å². The number of hydrogen-bond acceptors (Lipinski definition) is 6. The summed E-state index contributed by atoms with van der Waals surface area (Å²) in [6.07, 6.45) is 3.42. The number of likely N-dealkylation sites (N-methyl/N-ethyl adjacent to an activating group) is 2. The van der Waals surface area contributed by atoms with Gasteiger partial charge in [0.15, 0.2) is 5.65 Å². The highest BCUT2D eigenvalue weighted by Gasteiger charge is 2.15. The first kappa shape index (κ1) is 24.1. The molecule has 0 aliphatic rings. The Bertz CT molecular complexity index is 944. The number of aromatic nitrogens is 4. The lowest BCUT2D eigenvalue weighted by Crippen LogP contribution is -2.40. The van der Waals surface area contributed by atoms with Crippen molar-refractivity contribution >= 4 is 16.9 Å². The van der Waals surface area contributed by atoms with E-state index >= 15 is 0 Å². The third-order valence-electron chi connectivity index (χ3n) is 6.38. The van der Waals surface area contributed by atoms with Crippen LogP contribution in [0.1, 0.15) is 34.6 Å². The number of imidazole rings is 1. The largest absolute Gasteiger partial charge is 0.369 e. The Labute approximate surface area is 193 Å². The minimum Gasteiger partial charge on any atom is -0.369 e. The van der Waals surface area contributed by atoms with Gasteiger partial charge in [-0.15, -0.1) is 0 Å². The zero-order valence-electron chi connectivity index (χ0n) is 20.5. The van der Waals surface area contributed by atoms with Crippen molar-refractivity contribution in [2.75, 3.05) is 57.3 Å². The maximum Gasteiger partial charge on any atom is 0.181 e. The fraction of sp³-hybridized carbons (Fsp3) is 0.560. The Morgan fingerprint density at radius 1 is 0.844 bits per heavy atom. The van der Waals surface area contributed by atoms with E-state index in [1.807, 2.05) is 6.20 Å². The molecule has 0 spiro atoms. The predicted molar refractivity (Wildman–Crippen MR) is 134 cm³/mol. The summed E-state index contributed by atoms with van der Waals surface area (Å²) in [5.41, 5.74) is 4.11. The Balaban J connectivity index is 1.91. The molecule has 7 heteroatoms. The molecule has 3 rings (SSSR count). The van der Waals surface area contributed by atoms with Crippen LogP contribution < -0.4 is 4.90 Å². The summed E-state index contributed by atoms with van der Waals surface area (Å²) in [5.74, 6) is 0.956. The number of hydrogen-bond donors (Lipinski definition) is 0. The second kappa shape index (κ2) is 11.9. The lowest BCUT2D eigenvalue weighted by Gasteiger charge is -2.30. The lowest BCUT2D eigenvalue weighted by atomic mass is 10.1. The van der Waals surface area contributed by atoms with Crippen LogP contribution in [0.25, 0.3) is 22.6 Å². The first-order valence-electron chi connectivity index (χ1n) is 12.1. The lowest BCUT2D eigenvalue weighted by molar-refractivity contribution is 0.294. The molecular formula is C25H39N7. The van der Waals surface area contributed by atoms with Gasteiger partial charge in [0.05, 0.1) is 6.20 Å². The molecule has 0 atom stereocenters. The fourth-order valence-electron chi connectivity index (χ4n) is 4.22. The average Bonchev–Trinajstić information content (AvgIpc) is 3.22. The molecule has 0 aliphatic heterocycles.